The van der Waals surface area contributed by atoms with Crippen LogP contribution in [-0.4, -0.2) is 73.1 Å². The molecule has 2 fully saturated rings. The van der Waals surface area contributed by atoms with Gasteiger partial charge in [-0.3, -0.25) is 14.5 Å². The number of para-hydroxylation sites is 1. The molecule has 0 spiro atoms. The van der Waals surface area contributed by atoms with Crippen molar-refractivity contribution in [2.75, 3.05) is 46.5 Å². The molecule has 2 aliphatic rings. The maximum Gasteiger partial charge on any atom is 0.295 e. The van der Waals surface area contributed by atoms with Gasteiger partial charge in [-0.2, -0.15) is 0 Å². The van der Waals surface area contributed by atoms with Crippen LogP contribution in [0.4, 0.5) is 0 Å². The molecule has 7 nitrogen and oxygen atoms in total. The summed E-state index contributed by atoms with van der Waals surface area (Å²) in [6.07, 6.45) is 0. The van der Waals surface area contributed by atoms with E-state index in [0.717, 1.165) is 17.6 Å². The van der Waals surface area contributed by atoms with Gasteiger partial charge in [-0.15, -0.1) is 0 Å². The van der Waals surface area contributed by atoms with Crippen molar-refractivity contribution in [2.24, 2.45) is 0 Å². The van der Waals surface area contributed by atoms with Crippen LogP contribution in [0, 0.1) is 0 Å². The van der Waals surface area contributed by atoms with Crippen molar-refractivity contribution in [1.82, 2.24) is 9.80 Å². The highest BCUT2D eigenvalue weighted by Crippen LogP contribution is 2.42. The molecular formula is C24H25BrN2O5. The lowest BCUT2D eigenvalue weighted by Crippen LogP contribution is -2.42. The normalized spacial score (nSPS) is 21.2. The van der Waals surface area contributed by atoms with E-state index in [0.29, 0.717) is 43.2 Å². The first-order valence-electron chi connectivity index (χ1n) is 10.5. The van der Waals surface area contributed by atoms with Crippen molar-refractivity contribution in [2.45, 2.75) is 6.04 Å². The number of likely N-dealkylation sites (tertiary alicyclic amines) is 1. The Morgan fingerprint density at radius 2 is 1.78 bits per heavy atom. The van der Waals surface area contributed by atoms with Gasteiger partial charge in [0.15, 0.2) is 0 Å². The number of carbonyl (C=O) groups excluding carboxylic acids is 2. The molecule has 8 heteroatoms. The van der Waals surface area contributed by atoms with Crippen molar-refractivity contribution in [3.8, 4) is 5.75 Å². The molecule has 4 rings (SSSR count). The molecule has 2 heterocycles. The van der Waals surface area contributed by atoms with Gasteiger partial charge in [-0.25, -0.2) is 0 Å². The van der Waals surface area contributed by atoms with Crippen molar-refractivity contribution in [3.63, 3.8) is 0 Å². The van der Waals surface area contributed by atoms with Crippen molar-refractivity contribution >= 4 is 33.4 Å². The molecule has 0 bridgehead atoms. The summed E-state index contributed by atoms with van der Waals surface area (Å²) < 4.78 is 11.8. The third kappa shape index (κ3) is 4.44. The number of hydrogen-bond acceptors (Lipinski definition) is 6. The average molecular weight is 501 g/mol. The lowest BCUT2D eigenvalue weighted by atomic mass is 9.94. The molecule has 0 unspecified atom stereocenters. The zero-order valence-corrected chi connectivity index (χ0v) is 19.4. The van der Waals surface area contributed by atoms with Crippen LogP contribution in [-0.2, 0) is 14.3 Å². The fraction of sp³-hybridized carbons (Fsp3) is 0.333. The van der Waals surface area contributed by atoms with Crippen LogP contribution in [0.2, 0.25) is 0 Å². The first kappa shape index (κ1) is 22.5. The first-order chi connectivity index (χ1) is 15.5. The van der Waals surface area contributed by atoms with Crippen LogP contribution < -0.4 is 4.74 Å². The molecule has 0 aliphatic carbocycles. The number of hydrogen-bond donors (Lipinski definition) is 1. The van der Waals surface area contributed by atoms with Gasteiger partial charge in [-0.05, 0) is 18.2 Å². The molecule has 168 valence electrons. The highest BCUT2D eigenvalue weighted by Gasteiger charge is 2.47. The van der Waals surface area contributed by atoms with Crippen molar-refractivity contribution in [3.05, 3.63) is 69.7 Å². The Balaban J connectivity index is 1.77. The number of ether oxygens (including phenoxy) is 2. The highest BCUT2D eigenvalue weighted by atomic mass is 79.9. The maximum absolute atomic E-state index is 13.1. The number of aliphatic hydroxyl groups is 1. The lowest BCUT2D eigenvalue weighted by Gasteiger charge is -2.31. The summed E-state index contributed by atoms with van der Waals surface area (Å²) in [6.45, 7) is 3.83. The Morgan fingerprint density at radius 1 is 1.09 bits per heavy atom. The smallest absolute Gasteiger partial charge is 0.295 e. The second-order valence-corrected chi connectivity index (χ2v) is 8.61. The number of aliphatic hydroxyl groups excluding tert-OH is 1. The Labute approximate surface area is 195 Å². The second-order valence-electron chi connectivity index (χ2n) is 7.70. The van der Waals surface area contributed by atoms with E-state index in [-0.39, 0.29) is 11.3 Å². The van der Waals surface area contributed by atoms with Gasteiger partial charge in [0.05, 0.1) is 31.9 Å². The number of carbonyl (C=O) groups is 2. The van der Waals surface area contributed by atoms with E-state index in [9.17, 15) is 14.7 Å². The van der Waals surface area contributed by atoms with Gasteiger partial charge in [0, 0.05) is 41.8 Å². The molecule has 0 aromatic heterocycles. The molecule has 1 N–H and O–H groups in total. The average Bonchev–Trinajstić information content (AvgIpc) is 3.08. The number of rotatable bonds is 6. The Morgan fingerprint density at radius 3 is 2.47 bits per heavy atom. The van der Waals surface area contributed by atoms with E-state index < -0.39 is 17.7 Å². The molecule has 1 atom stereocenters. The quantitative estimate of drug-likeness (QED) is 0.372. The summed E-state index contributed by atoms with van der Waals surface area (Å²) in [5, 5.41) is 11.1. The van der Waals surface area contributed by atoms with E-state index in [1.54, 1.807) is 42.3 Å². The lowest BCUT2D eigenvalue weighted by molar-refractivity contribution is -0.140. The third-order valence-corrected chi connectivity index (χ3v) is 6.38. The summed E-state index contributed by atoms with van der Waals surface area (Å²) in [4.78, 5) is 30.0. The number of nitrogens with zero attached hydrogens (tertiary/aromatic N) is 2. The molecule has 1 amide bonds. The number of morpholine rings is 1. The summed E-state index contributed by atoms with van der Waals surface area (Å²) in [5.74, 6) is -0.950. The van der Waals surface area contributed by atoms with Crippen LogP contribution in [0.1, 0.15) is 17.2 Å². The topological polar surface area (TPSA) is 79.3 Å². The number of benzene rings is 2. The molecule has 0 saturated carbocycles. The van der Waals surface area contributed by atoms with Gasteiger partial charge < -0.3 is 19.5 Å². The third-order valence-electron chi connectivity index (χ3n) is 5.85. The van der Waals surface area contributed by atoms with E-state index in [4.69, 9.17) is 9.47 Å². The second kappa shape index (κ2) is 9.85. The predicted octanol–water partition coefficient (Wildman–Crippen LogP) is 3.21. The van der Waals surface area contributed by atoms with Crippen LogP contribution in [0.5, 0.6) is 5.75 Å². The standard InChI is InChI=1S/C24H25BrN2O5/c1-31-19-5-3-2-4-18(19)21-20(22(28)16-6-8-17(25)9-7-16)23(29)24(30)27(21)11-10-26-12-14-32-15-13-26/h2-9,21,28H,10-15H2,1H3/t21-/m1/s1. The molecule has 32 heavy (non-hydrogen) atoms. The SMILES string of the molecule is COc1ccccc1[C@@H]1C(=C(O)c2ccc(Br)cc2)C(=O)C(=O)N1CCN1CCOCC1. The van der Waals surface area contributed by atoms with E-state index in [2.05, 4.69) is 20.8 Å². The van der Waals surface area contributed by atoms with Gasteiger partial charge in [-0.1, -0.05) is 46.3 Å². The van der Waals surface area contributed by atoms with Crippen LogP contribution in [0.25, 0.3) is 5.76 Å². The first-order valence-corrected chi connectivity index (χ1v) is 11.3. The van der Waals surface area contributed by atoms with Gasteiger partial charge in [0.25, 0.3) is 11.7 Å². The van der Waals surface area contributed by atoms with E-state index in [1.165, 1.54) is 0 Å². The molecule has 2 aromatic rings. The molecule has 2 aliphatic heterocycles. The summed E-state index contributed by atoms with van der Waals surface area (Å²) in [6, 6.07) is 13.5. The Bertz CT molecular complexity index is 1030. The number of Topliss-reactive ketones (excluding diaryl/α,β-unsaturated/α-hetero) is 1. The minimum Gasteiger partial charge on any atom is -0.507 e. The number of halogens is 1. The number of methoxy groups -OCH3 is 1. The van der Waals surface area contributed by atoms with Gasteiger partial charge in [0.1, 0.15) is 11.5 Å². The largest absolute Gasteiger partial charge is 0.507 e. The number of ketones is 1. The Kier molecular flexibility index (Phi) is 6.93. The minimum absolute atomic E-state index is 0.0730. The van der Waals surface area contributed by atoms with E-state index >= 15 is 0 Å². The monoisotopic (exact) mass is 500 g/mol. The van der Waals surface area contributed by atoms with Crippen LogP contribution in [0.15, 0.2) is 58.6 Å². The zero-order chi connectivity index (χ0) is 22.7. The number of amides is 1. The zero-order valence-electron chi connectivity index (χ0n) is 17.8. The van der Waals surface area contributed by atoms with Crippen molar-refractivity contribution in [1.29, 1.82) is 0 Å². The molecule has 2 aromatic carbocycles. The maximum atomic E-state index is 13.1. The fourth-order valence-electron chi connectivity index (χ4n) is 4.16. The predicted molar refractivity (Wildman–Crippen MR) is 123 cm³/mol. The summed E-state index contributed by atoms with van der Waals surface area (Å²) in [7, 11) is 1.55. The Hall–Kier alpha value is -2.68. The minimum atomic E-state index is -0.740. The fourth-order valence-corrected chi connectivity index (χ4v) is 4.43. The van der Waals surface area contributed by atoms with Gasteiger partial charge in [0.2, 0.25) is 0 Å². The molecular weight excluding hydrogens is 476 g/mol. The molecule has 0 radical (unpaired) electrons. The van der Waals surface area contributed by atoms with E-state index in [1.807, 2.05) is 18.2 Å². The van der Waals surface area contributed by atoms with Crippen molar-refractivity contribution < 1.29 is 24.2 Å². The summed E-state index contributed by atoms with van der Waals surface area (Å²) in [5.41, 5.74) is 1.21. The molecule has 2 saturated heterocycles. The highest BCUT2D eigenvalue weighted by molar-refractivity contribution is 9.10. The summed E-state index contributed by atoms with van der Waals surface area (Å²) >= 11 is 3.38. The van der Waals surface area contributed by atoms with Gasteiger partial charge >= 0.3 is 0 Å². The van der Waals surface area contributed by atoms with Crippen LogP contribution >= 0.6 is 15.9 Å². The van der Waals surface area contributed by atoms with Crippen LogP contribution in [0.3, 0.4) is 0 Å².